The molecule has 3 nitrogen and oxygen atoms in total. The van der Waals surface area contributed by atoms with Crippen LogP contribution in [-0.4, -0.2) is 11.8 Å². The predicted octanol–water partition coefficient (Wildman–Crippen LogP) is 4.22. The van der Waals surface area contributed by atoms with E-state index in [1.165, 1.54) is 29.2 Å². The summed E-state index contributed by atoms with van der Waals surface area (Å²) < 4.78 is 13.4. The number of hydrogen-bond acceptors (Lipinski definition) is 2. The van der Waals surface area contributed by atoms with Crippen molar-refractivity contribution < 1.29 is 14.0 Å². The van der Waals surface area contributed by atoms with E-state index in [1.54, 1.807) is 0 Å². The monoisotopic (exact) mass is 369 g/mol. The first kappa shape index (κ1) is 15.8. The van der Waals surface area contributed by atoms with Crippen LogP contribution >= 0.6 is 0 Å². The molecule has 1 aliphatic heterocycles. The normalized spacial score (nSPS) is 26.8. The Hall–Kier alpha value is -3.27. The Morgan fingerprint density at radius 1 is 0.607 bits per heavy atom. The fourth-order valence-electron chi connectivity index (χ4n) is 5.52. The van der Waals surface area contributed by atoms with Crippen LogP contribution in [0.15, 0.2) is 72.8 Å². The third-order valence-corrected chi connectivity index (χ3v) is 6.53. The van der Waals surface area contributed by atoms with Crippen LogP contribution in [0.4, 0.5) is 10.1 Å². The molecule has 0 N–H and O–H groups in total. The first-order valence-corrected chi connectivity index (χ1v) is 9.48. The summed E-state index contributed by atoms with van der Waals surface area (Å²) in [5, 5.41) is 0. The molecule has 0 radical (unpaired) electrons. The van der Waals surface area contributed by atoms with Gasteiger partial charge in [-0.1, -0.05) is 48.5 Å². The third-order valence-electron chi connectivity index (χ3n) is 6.53. The van der Waals surface area contributed by atoms with E-state index < -0.39 is 11.8 Å². The van der Waals surface area contributed by atoms with Crippen molar-refractivity contribution in [2.24, 2.45) is 11.8 Å². The van der Waals surface area contributed by atoms with Crippen LogP contribution < -0.4 is 4.90 Å². The fraction of sp³-hybridized carbons (Fsp3) is 0.167. The van der Waals surface area contributed by atoms with Crippen molar-refractivity contribution in [3.8, 4) is 0 Å². The van der Waals surface area contributed by atoms with Gasteiger partial charge in [-0.05, 0) is 46.5 Å². The molecule has 7 rings (SSSR count). The first-order chi connectivity index (χ1) is 13.7. The highest BCUT2D eigenvalue weighted by Crippen LogP contribution is 2.61. The van der Waals surface area contributed by atoms with Gasteiger partial charge in [-0.3, -0.25) is 9.59 Å². The molecule has 3 aromatic rings. The zero-order valence-electron chi connectivity index (χ0n) is 14.9. The summed E-state index contributed by atoms with van der Waals surface area (Å²) in [6.45, 7) is 0. The highest BCUT2D eigenvalue weighted by molar-refractivity contribution is 6.23. The smallest absolute Gasteiger partial charge is 0.238 e. The Labute approximate surface area is 161 Å². The molecule has 3 aliphatic carbocycles. The van der Waals surface area contributed by atoms with Crippen molar-refractivity contribution in [3.05, 3.63) is 101 Å². The van der Waals surface area contributed by atoms with Crippen molar-refractivity contribution in [3.63, 3.8) is 0 Å². The maximum Gasteiger partial charge on any atom is 0.238 e. The minimum Gasteiger partial charge on any atom is -0.274 e. The van der Waals surface area contributed by atoms with E-state index in [0.717, 1.165) is 22.3 Å². The summed E-state index contributed by atoms with van der Waals surface area (Å²) in [6, 6.07) is 21.9. The van der Waals surface area contributed by atoms with Gasteiger partial charge in [0.15, 0.2) is 0 Å². The van der Waals surface area contributed by atoms with Gasteiger partial charge >= 0.3 is 0 Å². The Balaban J connectivity index is 1.57. The highest BCUT2D eigenvalue weighted by atomic mass is 19.1. The van der Waals surface area contributed by atoms with Gasteiger partial charge in [-0.25, -0.2) is 9.29 Å². The number of halogens is 1. The summed E-state index contributed by atoms with van der Waals surface area (Å²) in [7, 11) is 0. The number of carbonyl (C=O) groups excluding carboxylic acids is 2. The number of imide groups is 1. The molecule has 2 amide bonds. The maximum absolute atomic E-state index is 13.5. The van der Waals surface area contributed by atoms with Gasteiger partial charge in [0, 0.05) is 11.8 Å². The molecular formula is C24H16FNO2. The third kappa shape index (κ3) is 1.82. The van der Waals surface area contributed by atoms with E-state index in [9.17, 15) is 14.0 Å². The van der Waals surface area contributed by atoms with Gasteiger partial charge < -0.3 is 0 Å². The number of amides is 2. The summed E-state index contributed by atoms with van der Waals surface area (Å²) in [6.07, 6.45) is 0. The van der Waals surface area contributed by atoms with Crippen LogP contribution in [0.25, 0.3) is 0 Å². The molecule has 2 bridgehead atoms. The quantitative estimate of drug-likeness (QED) is 0.602. The molecule has 0 saturated carbocycles. The average molecular weight is 369 g/mol. The molecule has 2 atom stereocenters. The molecule has 0 spiro atoms. The number of carbonyl (C=O) groups is 2. The van der Waals surface area contributed by atoms with Crippen LogP contribution in [0.5, 0.6) is 0 Å². The molecule has 28 heavy (non-hydrogen) atoms. The van der Waals surface area contributed by atoms with Crippen LogP contribution in [0.3, 0.4) is 0 Å². The molecule has 1 saturated heterocycles. The lowest BCUT2D eigenvalue weighted by Crippen LogP contribution is -2.41. The van der Waals surface area contributed by atoms with Gasteiger partial charge in [-0.2, -0.15) is 0 Å². The molecule has 0 unspecified atom stereocenters. The molecule has 4 aliphatic rings. The van der Waals surface area contributed by atoms with Gasteiger partial charge in [-0.15, -0.1) is 0 Å². The Morgan fingerprint density at radius 2 is 1.00 bits per heavy atom. The molecule has 4 heteroatoms. The van der Waals surface area contributed by atoms with Crippen molar-refractivity contribution in [2.75, 3.05) is 4.90 Å². The number of hydrogen-bond donors (Lipinski definition) is 0. The number of anilines is 1. The highest BCUT2D eigenvalue weighted by Gasteiger charge is 2.61. The molecule has 0 aromatic heterocycles. The standard InChI is InChI=1S/C24H16FNO2/c25-13-9-11-14(12-10-13)26-23(27)21-19-15-5-1-2-6-16(15)20(22(21)24(26)28)18-8-4-3-7-17(18)19/h1-12,19-22H/t19?,20?,21-,22-/m1/s1. The largest absolute Gasteiger partial charge is 0.274 e. The average Bonchev–Trinajstić information content (AvgIpc) is 3.00. The fourth-order valence-corrected chi connectivity index (χ4v) is 5.52. The second-order valence-corrected chi connectivity index (χ2v) is 7.75. The van der Waals surface area contributed by atoms with Crippen LogP contribution in [0.2, 0.25) is 0 Å². The SMILES string of the molecule is O=C1[C@@H]2C3c4ccccc4C(c4ccccc43)[C@H]2C(=O)N1c1ccc(F)cc1. The lowest BCUT2D eigenvalue weighted by atomic mass is 9.55. The van der Waals surface area contributed by atoms with Crippen molar-refractivity contribution >= 4 is 17.5 Å². The zero-order chi connectivity index (χ0) is 19.0. The zero-order valence-corrected chi connectivity index (χ0v) is 14.9. The summed E-state index contributed by atoms with van der Waals surface area (Å²) >= 11 is 0. The topological polar surface area (TPSA) is 37.4 Å². The predicted molar refractivity (Wildman–Crippen MR) is 102 cm³/mol. The van der Waals surface area contributed by atoms with E-state index in [0.29, 0.717) is 5.69 Å². The van der Waals surface area contributed by atoms with Crippen molar-refractivity contribution in [2.45, 2.75) is 11.8 Å². The molecule has 1 fully saturated rings. The summed E-state index contributed by atoms with van der Waals surface area (Å²) in [4.78, 5) is 28.2. The van der Waals surface area contributed by atoms with Gasteiger partial charge in [0.05, 0.1) is 17.5 Å². The lowest BCUT2D eigenvalue weighted by molar-refractivity contribution is -0.122. The molecule has 1 heterocycles. The van der Waals surface area contributed by atoms with E-state index in [2.05, 4.69) is 24.3 Å². The van der Waals surface area contributed by atoms with E-state index >= 15 is 0 Å². The molecule has 3 aromatic carbocycles. The van der Waals surface area contributed by atoms with Crippen molar-refractivity contribution in [1.29, 1.82) is 0 Å². The van der Waals surface area contributed by atoms with Gasteiger partial charge in [0.2, 0.25) is 11.8 Å². The molecule has 136 valence electrons. The molecular weight excluding hydrogens is 353 g/mol. The van der Waals surface area contributed by atoms with E-state index in [1.807, 2.05) is 24.3 Å². The Morgan fingerprint density at radius 3 is 1.39 bits per heavy atom. The number of nitrogens with zero attached hydrogens (tertiary/aromatic N) is 1. The van der Waals surface area contributed by atoms with Crippen LogP contribution in [-0.2, 0) is 9.59 Å². The minimum absolute atomic E-state index is 0.121. The number of benzene rings is 3. The Kier molecular flexibility index (Phi) is 3.03. The minimum atomic E-state index is -0.410. The van der Waals surface area contributed by atoms with Crippen LogP contribution in [0.1, 0.15) is 34.1 Å². The van der Waals surface area contributed by atoms with Gasteiger partial charge in [0.25, 0.3) is 0 Å². The van der Waals surface area contributed by atoms with E-state index in [4.69, 9.17) is 0 Å². The second kappa shape index (κ2) is 5.38. The van der Waals surface area contributed by atoms with Gasteiger partial charge in [0.1, 0.15) is 5.82 Å². The maximum atomic E-state index is 13.5. The van der Waals surface area contributed by atoms with Crippen molar-refractivity contribution in [1.82, 2.24) is 0 Å². The Bertz CT molecular complexity index is 1040. The van der Waals surface area contributed by atoms with Crippen LogP contribution in [0, 0.1) is 17.7 Å². The first-order valence-electron chi connectivity index (χ1n) is 9.48. The van der Waals surface area contributed by atoms with E-state index in [-0.39, 0.29) is 29.5 Å². The summed E-state index contributed by atoms with van der Waals surface area (Å²) in [5.74, 6) is -1.81. The lowest BCUT2D eigenvalue weighted by Gasteiger charge is -2.45. The number of rotatable bonds is 1. The summed E-state index contributed by atoms with van der Waals surface area (Å²) in [5.41, 5.74) is 5.03. The second-order valence-electron chi connectivity index (χ2n) is 7.75.